The van der Waals surface area contributed by atoms with Crippen LogP contribution in [-0.4, -0.2) is 159 Å². The first-order chi connectivity index (χ1) is 20.3. The summed E-state index contributed by atoms with van der Waals surface area (Å²) >= 11 is 0. The lowest BCUT2D eigenvalue weighted by Crippen LogP contribution is -2.51. The lowest BCUT2D eigenvalue weighted by Gasteiger charge is -2.37. The van der Waals surface area contributed by atoms with Gasteiger partial charge in [0.15, 0.2) is 6.29 Å². The number of aliphatic hydroxyl groups excluding tert-OH is 1. The molecule has 0 aromatic carbocycles. The Morgan fingerprint density at radius 2 is 0.929 bits per heavy atom. The Morgan fingerprint density at radius 1 is 0.571 bits per heavy atom. The standard InChI is InChI=1S/C28H68N10O4/c1-24(2)41-27(22-38-20-18-36-16-14-34-12-10-32-8-6-30)42-26(23-39)25(28(3,4)40)21-37-19-17-35-15-13-33-11-9-31-7-5-29/h24-27,31-40H,5-23,29-30H2,1-4H3. The second-order valence-electron chi connectivity index (χ2n) is 11.2. The zero-order valence-corrected chi connectivity index (χ0v) is 27.1. The fourth-order valence-electron chi connectivity index (χ4n) is 4.22. The average Bonchev–Trinajstić information content (AvgIpc) is 2.94. The smallest absolute Gasteiger partial charge is 0.170 e. The van der Waals surface area contributed by atoms with E-state index in [4.69, 9.17) is 20.9 Å². The Hall–Kier alpha value is -0.560. The third-order valence-electron chi connectivity index (χ3n) is 6.48. The molecule has 0 aromatic heterocycles. The molecule has 0 spiro atoms. The number of hydrogen-bond donors (Lipinski definition) is 12. The van der Waals surface area contributed by atoms with Crippen molar-refractivity contribution in [1.82, 2.24) is 42.5 Å². The molecule has 0 amide bonds. The molecule has 0 aliphatic rings. The number of rotatable bonds is 33. The summed E-state index contributed by atoms with van der Waals surface area (Å²) in [5.74, 6) is -0.330. The Kier molecular flexibility index (Phi) is 28.8. The fourth-order valence-corrected chi connectivity index (χ4v) is 4.22. The third-order valence-corrected chi connectivity index (χ3v) is 6.48. The summed E-state index contributed by atoms with van der Waals surface area (Å²) in [5, 5.41) is 48.0. The molecule has 0 saturated carbocycles. The van der Waals surface area contributed by atoms with E-state index in [1.807, 2.05) is 13.8 Å². The quantitative estimate of drug-likeness (QED) is 0.0254. The van der Waals surface area contributed by atoms with Crippen LogP contribution in [0.25, 0.3) is 0 Å². The van der Waals surface area contributed by atoms with Gasteiger partial charge in [-0.05, 0) is 27.7 Å². The van der Waals surface area contributed by atoms with Crippen LogP contribution in [-0.2, 0) is 9.47 Å². The van der Waals surface area contributed by atoms with Gasteiger partial charge in [0, 0.05) is 124 Å². The molecular weight excluding hydrogens is 540 g/mol. The van der Waals surface area contributed by atoms with Gasteiger partial charge in [-0.3, -0.25) is 0 Å². The number of ether oxygens (including phenoxy) is 2. The van der Waals surface area contributed by atoms with E-state index in [1.54, 1.807) is 13.8 Å². The van der Waals surface area contributed by atoms with E-state index in [0.29, 0.717) is 26.2 Å². The second-order valence-corrected chi connectivity index (χ2v) is 11.2. The highest BCUT2D eigenvalue weighted by atomic mass is 16.7. The molecule has 0 bridgehead atoms. The van der Waals surface area contributed by atoms with Crippen molar-refractivity contribution in [3.05, 3.63) is 0 Å². The van der Waals surface area contributed by atoms with Crippen LogP contribution in [0.1, 0.15) is 27.7 Å². The Labute approximate surface area is 255 Å². The van der Waals surface area contributed by atoms with Crippen LogP contribution in [0.15, 0.2) is 0 Å². The predicted octanol–water partition coefficient (Wildman–Crippen LogP) is -3.86. The van der Waals surface area contributed by atoms with Crippen LogP contribution in [0.3, 0.4) is 0 Å². The average molecular weight is 609 g/mol. The first kappa shape index (κ1) is 41.4. The summed E-state index contributed by atoms with van der Waals surface area (Å²) in [5.41, 5.74) is 9.87. The molecule has 3 unspecified atom stereocenters. The van der Waals surface area contributed by atoms with Crippen LogP contribution >= 0.6 is 0 Å². The molecule has 14 heteroatoms. The lowest BCUT2D eigenvalue weighted by molar-refractivity contribution is -0.215. The number of aliphatic hydroxyl groups is 2. The SMILES string of the molecule is CC(C)OC(CNCCNCCNCCNCCN)OC(CO)C(CNCCNCCNCCNCCN)C(C)(C)O. The van der Waals surface area contributed by atoms with Crippen molar-refractivity contribution in [3.63, 3.8) is 0 Å². The van der Waals surface area contributed by atoms with Gasteiger partial charge in [0.25, 0.3) is 0 Å². The van der Waals surface area contributed by atoms with E-state index in [1.165, 1.54) is 0 Å². The molecule has 0 heterocycles. The van der Waals surface area contributed by atoms with E-state index >= 15 is 0 Å². The molecule has 0 radical (unpaired) electrons. The molecule has 0 saturated heterocycles. The molecule has 3 atom stereocenters. The van der Waals surface area contributed by atoms with Crippen LogP contribution in [0, 0.1) is 5.92 Å². The largest absolute Gasteiger partial charge is 0.394 e. The summed E-state index contributed by atoms with van der Waals surface area (Å²) in [7, 11) is 0. The van der Waals surface area contributed by atoms with Crippen molar-refractivity contribution in [2.45, 2.75) is 51.8 Å². The molecule has 0 fully saturated rings. The molecule has 0 aliphatic carbocycles. The number of hydrogen-bond acceptors (Lipinski definition) is 14. The van der Waals surface area contributed by atoms with Crippen molar-refractivity contribution in [2.24, 2.45) is 17.4 Å². The van der Waals surface area contributed by atoms with Crippen molar-refractivity contribution in [3.8, 4) is 0 Å². The first-order valence-electron chi connectivity index (χ1n) is 16.0. The van der Waals surface area contributed by atoms with E-state index in [9.17, 15) is 10.2 Å². The van der Waals surface area contributed by atoms with Gasteiger partial charge in [-0.15, -0.1) is 0 Å². The fraction of sp³-hybridized carbons (Fsp3) is 1.00. The Balaban J connectivity index is 4.35. The van der Waals surface area contributed by atoms with Gasteiger partial charge in [0.05, 0.1) is 24.4 Å². The summed E-state index contributed by atoms with van der Waals surface area (Å²) in [6.45, 7) is 21.5. The highest BCUT2D eigenvalue weighted by Gasteiger charge is 2.36. The molecule has 14 N–H and O–H groups in total. The van der Waals surface area contributed by atoms with E-state index in [0.717, 1.165) is 91.6 Å². The molecular formula is C28H68N10O4. The minimum absolute atomic E-state index is 0.0406. The van der Waals surface area contributed by atoms with Crippen LogP contribution < -0.4 is 54.0 Å². The van der Waals surface area contributed by atoms with Gasteiger partial charge in [0.2, 0.25) is 0 Å². The van der Waals surface area contributed by atoms with Gasteiger partial charge in [0.1, 0.15) is 0 Å². The van der Waals surface area contributed by atoms with Gasteiger partial charge in [-0.1, -0.05) is 0 Å². The maximum Gasteiger partial charge on any atom is 0.170 e. The lowest BCUT2D eigenvalue weighted by atomic mass is 9.86. The third kappa shape index (κ3) is 25.9. The van der Waals surface area contributed by atoms with Crippen LogP contribution in [0.4, 0.5) is 0 Å². The highest BCUT2D eigenvalue weighted by Crippen LogP contribution is 2.23. The highest BCUT2D eigenvalue weighted by molar-refractivity contribution is 4.86. The monoisotopic (exact) mass is 609 g/mol. The molecule has 42 heavy (non-hydrogen) atoms. The van der Waals surface area contributed by atoms with E-state index in [2.05, 4.69) is 42.5 Å². The maximum atomic E-state index is 10.9. The van der Waals surface area contributed by atoms with Crippen LogP contribution in [0.2, 0.25) is 0 Å². The summed E-state index contributed by atoms with van der Waals surface area (Å²) in [6.07, 6.45) is -1.17. The predicted molar refractivity (Wildman–Crippen MR) is 173 cm³/mol. The van der Waals surface area contributed by atoms with Gasteiger partial charge >= 0.3 is 0 Å². The molecule has 0 aromatic rings. The Bertz CT molecular complexity index is 561. The zero-order chi connectivity index (χ0) is 31.3. The van der Waals surface area contributed by atoms with Gasteiger partial charge in [-0.2, -0.15) is 0 Å². The first-order valence-corrected chi connectivity index (χ1v) is 16.0. The molecule has 14 nitrogen and oxygen atoms in total. The van der Waals surface area contributed by atoms with Gasteiger partial charge in [-0.25, -0.2) is 0 Å². The Morgan fingerprint density at radius 3 is 1.26 bits per heavy atom. The number of nitrogens with one attached hydrogen (secondary N) is 8. The minimum Gasteiger partial charge on any atom is -0.394 e. The maximum absolute atomic E-state index is 10.9. The molecule has 0 aliphatic heterocycles. The van der Waals surface area contributed by atoms with Crippen LogP contribution in [0.5, 0.6) is 0 Å². The molecule has 254 valence electrons. The summed E-state index contributed by atoms with van der Waals surface area (Å²) in [4.78, 5) is 0. The van der Waals surface area contributed by atoms with Crippen molar-refractivity contribution >= 4 is 0 Å². The topological polar surface area (TPSA) is 207 Å². The minimum atomic E-state index is -1.05. The van der Waals surface area contributed by atoms with Crippen molar-refractivity contribution < 1.29 is 19.7 Å². The summed E-state index contributed by atoms with van der Waals surface area (Å²) in [6, 6.07) is 0. The van der Waals surface area contributed by atoms with E-state index in [-0.39, 0.29) is 18.6 Å². The molecule has 0 rings (SSSR count). The number of nitrogens with two attached hydrogens (primary N) is 2. The van der Waals surface area contributed by atoms with E-state index < -0.39 is 18.0 Å². The summed E-state index contributed by atoms with van der Waals surface area (Å²) < 4.78 is 12.2. The second kappa shape index (κ2) is 29.2. The van der Waals surface area contributed by atoms with Crippen molar-refractivity contribution in [1.29, 1.82) is 0 Å². The normalized spacial score (nSPS) is 14.5. The van der Waals surface area contributed by atoms with Gasteiger partial charge < -0.3 is 73.7 Å². The zero-order valence-electron chi connectivity index (χ0n) is 27.1. The van der Waals surface area contributed by atoms with Crippen molar-refractivity contribution in [2.75, 3.05) is 124 Å².